The van der Waals surface area contributed by atoms with Crippen LogP contribution in [0.15, 0.2) is 42.5 Å². The average Bonchev–Trinajstić information content (AvgIpc) is 2.69. The molecule has 0 aliphatic heterocycles. The Bertz CT molecular complexity index is 1120. The molecule has 7 nitrogen and oxygen atoms in total. The molecule has 0 saturated heterocycles. The highest BCUT2D eigenvalue weighted by Crippen LogP contribution is 2.32. The Labute approximate surface area is 178 Å². The molecular weight excluding hydrogens is 468 g/mol. The molecule has 0 spiro atoms. The summed E-state index contributed by atoms with van der Waals surface area (Å²) in [5, 5.41) is 0. The summed E-state index contributed by atoms with van der Waals surface area (Å²) in [5.41, 5.74) is 0.895. The molecule has 0 unspecified atom stereocenters. The third-order valence-corrected chi connectivity index (χ3v) is 5.13. The molecule has 174 valence electrons. The fraction of sp³-hybridized carbons (Fsp3) is 0.222. The van der Waals surface area contributed by atoms with Crippen LogP contribution in [0.2, 0.25) is 0 Å². The normalized spacial score (nSPS) is 11.9. The highest BCUT2D eigenvalue weighted by Gasteiger charge is 2.31. The second-order valence-corrected chi connectivity index (χ2v) is 8.27. The number of anilines is 1. The summed E-state index contributed by atoms with van der Waals surface area (Å²) in [6.07, 6.45) is -7.41. The largest absolute Gasteiger partial charge is 0.416 e. The van der Waals surface area contributed by atoms with Gasteiger partial charge in [0.15, 0.2) is 0 Å². The summed E-state index contributed by atoms with van der Waals surface area (Å²) in [6, 6.07) is 6.07. The highest BCUT2D eigenvalue weighted by molar-refractivity contribution is 7.92. The van der Waals surface area contributed by atoms with Crippen LogP contribution in [0.4, 0.5) is 32.0 Å². The van der Waals surface area contributed by atoms with Crippen LogP contribution in [0.3, 0.4) is 0 Å². The van der Waals surface area contributed by atoms with Gasteiger partial charge in [0.25, 0.3) is 5.91 Å². The van der Waals surface area contributed by atoms with E-state index in [4.69, 9.17) is 0 Å². The number of carbonyl (C=O) groups excluding carboxylic acids is 2. The number of alkyl halides is 5. The Hall–Kier alpha value is -3.29. The molecule has 0 heterocycles. The van der Waals surface area contributed by atoms with E-state index in [1.165, 1.54) is 5.43 Å². The monoisotopic (exact) mass is 483 g/mol. The first-order valence-electron chi connectivity index (χ1n) is 8.52. The van der Waals surface area contributed by atoms with Crippen molar-refractivity contribution in [3.63, 3.8) is 0 Å². The maximum atomic E-state index is 14.5. The molecule has 0 saturated carbocycles. The van der Waals surface area contributed by atoms with E-state index < -0.39 is 57.9 Å². The van der Waals surface area contributed by atoms with E-state index in [0.29, 0.717) is 16.4 Å². The molecular formula is C18H15F6N3O4S. The average molecular weight is 483 g/mol. The summed E-state index contributed by atoms with van der Waals surface area (Å²) < 4.78 is 102. The van der Waals surface area contributed by atoms with E-state index in [-0.39, 0.29) is 11.3 Å². The van der Waals surface area contributed by atoms with E-state index >= 15 is 0 Å². The van der Waals surface area contributed by atoms with Gasteiger partial charge >= 0.3 is 18.5 Å². The van der Waals surface area contributed by atoms with E-state index in [1.807, 2.05) is 0 Å². The van der Waals surface area contributed by atoms with Gasteiger partial charge in [-0.15, -0.1) is 0 Å². The number of carbonyl (C=O) groups is 2. The second-order valence-electron chi connectivity index (χ2n) is 6.37. The van der Waals surface area contributed by atoms with E-state index in [9.17, 15) is 44.3 Å². The molecule has 0 aliphatic rings. The number of sulfonamides is 1. The van der Waals surface area contributed by atoms with E-state index in [0.717, 1.165) is 36.6 Å². The SMILES string of the molecule is CS(=O)(=O)N(Cc1ccc(C(=O)NNC(=O)C(F)F)cc1F)c1cccc(C(F)(F)F)c1. The maximum absolute atomic E-state index is 14.5. The maximum Gasteiger partial charge on any atom is 0.416 e. The van der Waals surface area contributed by atoms with Crippen LogP contribution < -0.4 is 15.2 Å². The van der Waals surface area contributed by atoms with Crippen molar-refractivity contribution in [1.82, 2.24) is 10.9 Å². The number of benzene rings is 2. The Balaban J connectivity index is 2.29. The van der Waals surface area contributed by atoms with Gasteiger partial charge in [0.2, 0.25) is 10.0 Å². The van der Waals surface area contributed by atoms with Crippen LogP contribution in [0.1, 0.15) is 21.5 Å². The molecule has 0 fully saturated rings. The Morgan fingerprint density at radius 2 is 1.72 bits per heavy atom. The van der Waals surface area contributed by atoms with Gasteiger partial charge in [0.1, 0.15) is 5.82 Å². The smallest absolute Gasteiger partial charge is 0.267 e. The van der Waals surface area contributed by atoms with Gasteiger partial charge in [-0.2, -0.15) is 22.0 Å². The summed E-state index contributed by atoms with van der Waals surface area (Å²) in [6.45, 7) is -0.698. The van der Waals surface area contributed by atoms with Gasteiger partial charge in [0.05, 0.1) is 24.1 Å². The van der Waals surface area contributed by atoms with Gasteiger partial charge in [0, 0.05) is 11.1 Å². The summed E-state index contributed by atoms with van der Waals surface area (Å²) in [4.78, 5) is 22.6. The zero-order chi connectivity index (χ0) is 24.3. The first kappa shape index (κ1) is 25.0. The lowest BCUT2D eigenvalue weighted by atomic mass is 10.1. The highest BCUT2D eigenvalue weighted by atomic mass is 32.2. The minimum absolute atomic E-state index is 0.291. The standard InChI is InChI=1S/C18H15F6N3O4S/c1-32(30,31)27(13-4-2-3-12(8-13)18(22,23)24)9-11-6-5-10(7-14(11)19)16(28)25-26-17(29)15(20)21/h2-8,15H,9H2,1H3,(H,25,28)(H,26,29). The van der Waals surface area contributed by atoms with E-state index in [1.54, 1.807) is 5.43 Å². The van der Waals surface area contributed by atoms with Crippen LogP contribution in [-0.2, 0) is 27.5 Å². The van der Waals surface area contributed by atoms with Crippen LogP contribution in [0.5, 0.6) is 0 Å². The summed E-state index contributed by atoms with van der Waals surface area (Å²) >= 11 is 0. The Morgan fingerprint density at radius 3 is 2.25 bits per heavy atom. The fourth-order valence-electron chi connectivity index (χ4n) is 2.45. The Kier molecular flexibility index (Phi) is 7.38. The number of hydrogen-bond acceptors (Lipinski definition) is 4. The molecule has 14 heteroatoms. The van der Waals surface area contributed by atoms with Crippen molar-refractivity contribution in [2.45, 2.75) is 19.1 Å². The summed E-state index contributed by atoms with van der Waals surface area (Å²) in [5.74, 6) is -4.03. The molecule has 0 aromatic heterocycles. The Morgan fingerprint density at radius 1 is 1.06 bits per heavy atom. The minimum Gasteiger partial charge on any atom is -0.267 e. The third kappa shape index (κ3) is 6.35. The van der Waals surface area contributed by atoms with Crippen molar-refractivity contribution >= 4 is 27.5 Å². The molecule has 2 aromatic rings. The molecule has 0 atom stereocenters. The first-order chi connectivity index (χ1) is 14.7. The number of nitrogens with one attached hydrogen (secondary N) is 2. The molecule has 0 bridgehead atoms. The predicted molar refractivity (Wildman–Crippen MR) is 100 cm³/mol. The topological polar surface area (TPSA) is 95.6 Å². The second kappa shape index (κ2) is 9.46. The number of nitrogens with zero attached hydrogens (tertiary/aromatic N) is 1. The minimum atomic E-state index is -4.74. The predicted octanol–water partition coefficient (Wildman–Crippen LogP) is 2.84. The van der Waals surface area contributed by atoms with Gasteiger partial charge in [-0.05, 0) is 30.3 Å². The molecule has 0 aliphatic carbocycles. The molecule has 2 amide bonds. The van der Waals surface area contributed by atoms with Crippen molar-refractivity contribution in [1.29, 1.82) is 0 Å². The van der Waals surface area contributed by atoms with Crippen molar-refractivity contribution in [2.24, 2.45) is 0 Å². The number of hydrogen-bond donors (Lipinski definition) is 2. The number of hydrazine groups is 1. The summed E-state index contributed by atoms with van der Waals surface area (Å²) in [7, 11) is -4.15. The lowest BCUT2D eigenvalue weighted by Crippen LogP contribution is -2.44. The van der Waals surface area contributed by atoms with Crippen LogP contribution in [0, 0.1) is 5.82 Å². The fourth-order valence-corrected chi connectivity index (χ4v) is 3.32. The number of rotatable bonds is 6. The molecule has 2 rings (SSSR count). The lowest BCUT2D eigenvalue weighted by molar-refractivity contribution is -0.137. The quantitative estimate of drug-likeness (QED) is 0.488. The van der Waals surface area contributed by atoms with Crippen molar-refractivity contribution in [3.05, 3.63) is 65.0 Å². The van der Waals surface area contributed by atoms with Crippen LogP contribution >= 0.6 is 0 Å². The third-order valence-electron chi connectivity index (χ3n) is 3.99. The number of halogens is 6. The van der Waals surface area contributed by atoms with Crippen molar-refractivity contribution in [3.8, 4) is 0 Å². The van der Waals surface area contributed by atoms with Crippen molar-refractivity contribution in [2.75, 3.05) is 10.6 Å². The van der Waals surface area contributed by atoms with E-state index in [2.05, 4.69) is 0 Å². The van der Waals surface area contributed by atoms with Crippen LogP contribution in [0.25, 0.3) is 0 Å². The van der Waals surface area contributed by atoms with Crippen molar-refractivity contribution < 1.29 is 44.3 Å². The van der Waals surface area contributed by atoms with Gasteiger partial charge < -0.3 is 0 Å². The molecule has 0 radical (unpaired) electrons. The van der Waals surface area contributed by atoms with Crippen LogP contribution in [-0.4, -0.2) is 32.9 Å². The van der Waals surface area contributed by atoms with Gasteiger partial charge in [-0.3, -0.25) is 24.7 Å². The van der Waals surface area contributed by atoms with Gasteiger partial charge in [-0.25, -0.2) is 12.8 Å². The first-order valence-corrected chi connectivity index (χ1v) is 10.4. The molecule has 2 N–H and O–H groups in total. The zero-order valence-electron chi connectivity index (χ0n) is 16.1. The molecule has 2 aromatic carbocycles. The zero-order valence-corrected chi connectivity index (χ0v) is 16.9. The number of amides is 2. The van der Waals surface area contributed by atoms with Gasteiger partial charge in [-0.1, -0.05) is 12.1 Å². The lowest BCUT2D eigenvalue weighted by Gasteiger charge is -2.23. The molecule has 32 heavy (non-hydrogen) atoms.